The molecule has 1 aromatic carbocycles. The zero-order valence-corrected chi connectivity index (χ0v) is 10.5. The summed E-state index contributed by atoms with van der Waals surface area (Å²) in [7, 11) is -0.611. The maximum atomic E-state index is 10.9. The van der Waals surface area contributed by atoms with Gasteiger partial charge in [0.2, 0.25) is 5.69 Å². The van der Waals surface area contributed by atoms with Gasteiger partial charge in [-0.15, -0.1) is 0 Å². The van der Waals surface area contributed by atoms with E-state index in [1.165, 1.54) is 30.5 Å². The molecule has 0 saturated heterocycles. The molecule has 7 nitrogen and oxygen atoms in total. The number of benzene rings is 1. The van der Waals surface area contributed by atoms with Gasteiger partial charge in [0, 0.05) is 35.4 Å². The highest BCUT2D eigenvalue weighted by atomic mass is 32.2. The van der Waals surface area contributed by atoms with Crippen molar-refractivity contribution in [2.45, 2.75) is 0 Å². The number of hydrogen-bond acceptors (Lipinski definition) is 5. The van der Waals surface area contributed by atoms with E-state index in [9.17, 15) is 14.2 Å². The fourth-order valence-corrected chi connectivity index (χ4v) is 0.830. The molecule has 0 heterocycles. The van der Waals surface area contributed by atoms with Crippen molar-refractivity contribution in [2.75, 3.05) is 12.5 Å². The van der Waals surface area contributed by atoms with E-state index in [0.29, 0.717) is 0 Å². The first-order valence-corrected chi connectivity index (χ1v) is 6.50. The summed E-state index contributed by atoms with van der Waals surface area (Å²) in [5, 5.41) is 30.4. The largest absolute Gasteiger partial charge is 0.593 e. The quantitative estimate of drug-likeness (QED) is 0.377. The van der Waals surface area contributed by atoms with Gasteiger partial charge in [0.05, 0.1) is 10.7 Å². The van der Waals surface area contributed by atoms with Crippen molar-refractivity contribution in [1.82, 2.24) is 0 Å². The van der Waals surface area contributed by atoms with Gasteiger partial charge in [-0.1, -0.05) is 0 Å². The first kappa shape index (κ1) is 15.7. The van der Waals surface area contributed by atoms with E-state index >= 15 is 0 Å². The van der Waals surface area contributed by atoms with Crippen molar-refractivity contribution in [2.24, 2.45) is 5.11 Å². The third-order valence-corrected chi connectivity index (χ3v) is 1.47. The Morgan fingerprint density at radius 1 is 1.44 bits per heavy atom. The highest BCUT2D eigenvalue weighted by Gasteiger charge is 2.06. The molecule has 18 heavy (non-hydrogen) atoms. The lowest BCUT2D eigenvalue weighted by molar-refractivity contribution is -0.435. The van der Waals surface area contributed by atoms with Gasteiger partial charge in [-0.3, -0.25) is 4.21 Å². The van der Waals surface area contributed by atoms with E-state index in [0.717, 1.165) is 0 Å². The van der Waals surface area contributed by atoms with Gasteiger partial charge in [-0.05, 0) is 17.0 Å². The van der Waals surface area contributed by atoms with Crippen molar-refractivity contribution < 1.29 is 19.0 Å². The van der Waals surface area contributed by atoms with E-state index in [1.54, 1.807) is 12.5 Å². The van der Waals surface area contributed by atoms with E-state index in [2.05, 4.69) is 5.11 Å². The minimum atomic E-state index is -1.08. The molecular weight excluding hydrogens is 258 g/mol. The summed E-state index contributed by atoms with van der Waals surface area (Å²) < 4.78 is 9.56. The van der Waals surface area contributed by atoms with Crippen LogP contribution in [0.15, 0.2) is 29.4 Å². The molecule has 0 bridgehead atoms. The summed E-state index contributed by atoms with van der Waals surface area (Å²) >= 11 is 0. The van der Waals surface area contributed by atoms with E-state index < -0.39 is 16.8 Å². The van der Waals surface area contributed by atoms with Gasteiger partial charge in [-0.2, -0.15) is 5.26 Å². The highest BCUT2D eigenvalue weighted by Crippen LogP contribution is 2.12. The number of azo groups is 1. The number of carboxylic acids is 1. The van der Waals surface area contributed by atoms with Crippen LogP contribution < -0.4 is 0 Å². The van der Waals surface area contributed by atoms with E-state index in [-0.39, 0.29) is 16.1 Å². The molecule has 0 aromatic heterocycles. The predicted octanol–water partition coefficient (Wildman–Crippen LogP) is 1.45. The second-order valence-electron chi connectivity index (χ2n) is 3.07. The Morgan fingerprint density at radius 2 is 1.89 bits per heavy atom. The molecule has 0 atom stereocenters. The molecule has 1 rings (SSSR count). The molecule has 0 saturated carbocycles. The zero-order chi connectivity index (χ0) is 14.1. The molecule has 0 aliphatic rings. The summed E-state index contributed by atoms with van der Waals surface area (Å²) in [5.74, 6) is -1.08. The molecule has 96 valence electrons. The van der Waals surface area contributed by atoms with Crippen LogP contribution in [0.4, 0.5) is 5.69 Å². The smallest absolute Gasteiger partial charge is 0.335 e. The normalized spacial score (nSPS) is 10.2. The lowest BCUT2D eigenvalue weighted by atomic mass is 10.2. The van der Waals surface area contributed by atoms with Crippen LogP contribution in [-0.4, -0.2) is 32.7 Å². The highest BCUT2D eigenvalue weighted by molar-refractivity contribution is 7.83. The Labute approximate surface area is 106 Å². The lowest BCUT2D eigenvalue weighted by Gasteiger charge is -1.97. The SMILES string of the molecule is CS(C)=O.N#CN=[N+]([O-])c1ccc(C(=O)O)cc1. The summed E-state index contributed by atoms with van der Waals surface area (Å²) in [6.07, 6.45) is 4.60. The van der Waals surface area contributed by atoms with Gasteiger partial charge in [0.15, 0.2) is 0 Å². The first-order chi connectivity index (χ1) is 8.38. The topological polar surface area (TPSA) is 117 Å². The first-order valence-electron chi connectivity index (χ1n) is 4.54. The second kappa shape index (κ2) is 7.92. The Hall–Kier alpha value is -2.27. The standard InChI is InChI=1S/C8H5N3O3.C2H6OS/c9-5-10-11(14)7-3-1-6(2-4-7)8(12)13;1-4(2)3/h1-4H,(H,12,13);1-2H3. The average Bonchev–Trinajstić information content (AvgIpc) is 2.28. The Morgan fingerprint density at radius 3 is 2.22 bits per heavy atom. The summed E-state index contributed by atoms with van der Waals surface area (Å²) in [6, 6.07) is 5.07. The molecule has 0 unspecified atom stereocenters. The molecule has 0 radical (unpaired) electrons. The summed E-state index contributed by atoms with van der Waals surface area (Å²) in [6.45, 7) is 0. The Balaban J connectivity index is 0.000000631. The predicted molar refractivity (Wildman–Crippen MR) is 64.7 cm³/mol. The Kier molecular flexibility index (Phi) is 6.92. The summed E-state index contributed by atoms with van der Waals surface area (Å²) in [4.78, 5) is 10.6. The number of carbonyl (C=O) groups is 1. The number of hydrogen-bond donors (Lipinski definition) is 1. The van der Waals surface area contributed by atoms with Crippen LogP contribution in [0.1, 0.15) is 10.4 Å². The van der Waals surface area contributed by atoms with Crippen LogP contribution in [0, 0.1) is 16.7 Å². The minimum Gasteiger partial charge on any atom is -0.593 e. The van der Waals surface area contributed by atoms with Crippen molar-refractivity contribution in [1.29, 1.82) is 5.26 Å². The van der Waals surface area contributed by atoms with Crippen LogP contribution in [-0.2, 0) is 10.8 Å². The molecular formula is C10H11N3O4S. The van der Waals surface area contributed by atoms with Crippen LogP contribution >= 0.6 is 0 Å². The van der Waals surface area contributed by atoms with Gasteiger partial charge in [0.25, 0.3) is 6.19 Å². The fourth-order valence-electron chi connectivity index (χ4n) is 0.830. The molecule has 0 spiro atoms. The van der Waals surface area contributed by atoms with Crippen molar-refractivity contribution in [3.8, 4) is 6.19 Å². The molecule has 0 amide bonds. The summed E-state index contributed by atoms with van der Waals surface area (Å²) in [5.41, 5.74) is 0.177. The zero-order valence-electron chi connectivity index (χ0n) is 9.73. The lowest BCUT2D eigenvalue weighted by Crippen LogP contribution is -1.96. The number of nitrogens with zero attached hydrogens (tertiary/aromatic N) is 3. The van der Waals surface area contributed by atoms with Gasteiger partial charge < -0.3 is 10.3 Å². The fraction of sp³-hybridized carbons (Fsp3) is 0.200. The van der Waals surface area contributed by atoms with Crippen molar-refractivity contribution in [3.63, 3.8) is 0 Å². The minimum absolute atomic E-state index is 0.0686. The van der Waals surface area contributed by atoms with Crippen LogP contribution in [0.2, 0.25) is 0 Å². The second-order valence-corrected chi connectivity index (χ2v) is 4.55. The average molecular weight is 269 g/mol. The molecule has 1 N–H and O–H groups in total. The van der Waals surface area contributed by atoms with Crippen LogP contribution in [0.5, 0.6) is 0 Å². The Bertz CT molecular complexity index is 501. The monoisotopic (exact) mass is 269 g/mol. The third-order valence-electron chi connectivity index (χ3n) is 1.47. The van der Waals surface area contributed by atoms with Gasteiger partial charge in [0.1, 0.15) is 0 Å². The molecule has 0 aliphatic carbocycles. The molecule has 8 heteroatoms. The number of nitriles is 1. The molecule has 1 aromatic rings. The molecule has 0 fully saturated rings. The van der Waals surface area contributed by atoms with Crippen LogP contribution in [0.25, 0.3) is 0 Å². The number of rotatable bonds is 2. The van der Waals surface area contributed by atoms with Crippen molar-refractivity contribution >= 4 is 22.5 Å². The van der Waals surface area contributed by atoms with E-state index in [1.807, 2.05) is 0 Å². The van der Waals surface area contributed by atoms with Crippen molar-refractivity contribution in [3.05, 3.63) is 35.0 Å². The van der Waals surface area contributed by atoms with Gasteiger partial charge in [-0.25, -0.2) is 4.79 Å². The maximum Gasteiger partial charge on any atom is 0.335 e. The maximum absolute atomic E-state index is 10.9. The number of carboxylic acid groups (broad SMARTS) is 1. The van der Waals surface area contributed by atoms with Crippen LogP contribution in [0.3, 0.4) is 0 Å². The third kappa shape index (κ3) is 6.34. The van der Waals surface area contributed by atoms with E-state index in [4.69, 9.17) is 10.4 Å². The van der Waals surface area contributed by atoms with Gasteiger partial charge >= 0.3 is 5.97 Å². The number of aromatic carboxylic acids is 1. The molecule has 0 aliphatic heterocycles.